The lowest BCUT2D eigenvalue weighted by Gasteiger charge is -2.22. The van der Waals surface area contributed by atoms with Gasteiger partial charge in [-0.25, -0.2) is 23.7 Å². The lowest BCUT2D eigenvalue weighted by molar-refractivity contribution is 0.368. The van der Waals surface area contributed by atoms with Crippen LogP contribution in [0, 0.1) is 17.6 Å². The molecule has 0 spiro atoms. The molecule has 1 aliphatic rings. The molecule has 0 aromatic carbocycles. The Morgan fingerprint density at radius 1 is 1.21 bits per heavy atom. The van der Waals surface area contributed by atoms with Crippen molar-refractivity contribution in [2.45, 2.75) is 19.3 Å². The van der Waals surface area contributed by atoms with E-state index in [0.29, 0.717) is 40.5 Å². The van der Waals surface area contributed by atoms with Gasteiger partial charge in [-0.3, -0.25) is 0 Å². The van der Waals surface area contributed by atoms with E-state index < -0.39 is 11.6 Å². The van der Waals surface area contributed by atoms with Crippen LogP contribution in [0.4, 0.5) is 8.78 Å². The highest BCUT2D eigenvalue weighted by atomic mass is 19.1. The minimum Gasteiger partial charge on any atom is -0.345 e. The second-order valence-corrected chi connectivity index (χ2v) is 6.16. The topological polar surface area (TPSA) is 66.5 Å². The third-order valence-electron chi connectivity index (χ3n) is 4.44. The van der Waals surface area contributed by atoms with Gasteiger partial charge in [-0.2, -0.15) is 0 Å². The zero-order valence-corrected chi connectivity index (χ0v) is 13.0. The smallest absolute Gasteiger partial charge is 0.163 e. The van der Waals surface area contributed by atoms with Crippen LogP contribution in [0.3, 0.4) is 0 Å². The molecule has 0 aliphatic carbocycles. The van der Waals surface area contributed by atoms with Crippen molar-refractivity contribution >= 4 is 11.0 Å². The molecule has 1 fully saturated rings. The molecule has 7 heteroatoms. The largest absolute Gasteiger partial charge is 0.345 e. The van der Waals surface area contributed by atoms with Gasteiger partial charge in [-0.05, 0) is 44.3 Å². The van der Waals surface area contributed by atoms with E-state index in [1.165, 1.54) is 12.3 Å². The van der Waals surface area contributed by atoms with Crippen molar-refractivity contribution in [3.8, 4) is 11.4 Å². The Morgan fingerprint density at radius 3 is 2.96 bits per heavy atom. The summed E-state index contributed by atoms with van der Waals surface area (Å²) in [6, 6.07) is 1.38. The molecule has 124 valence electrons. The summed E-state index contributed by atoms with van der Waals surface area (Å²) >= 11 is 0. The van der Waals surface area contributed by atoms with Gasteiger partial charge in [0.1, 0.15) is 11.5 Å². The third kappa shape index (κ3) is 2.87. The van der Waals surface area contributed by atoms with Crippen molar-refractivity contribution in [1.82, 2.24) is 25.3 Å². The molecule has 3 aromatic rings. The molecule has 5 nitrogen and oxygen atoms in total. The number of aromatic nitrogens is 4. The number of fused-ring (bicyclic) bond motifs is 1. The minimum absolute atomic E-state index is 0.373. The van der Waals surface area contributed by atoms with E-state index in [4.69, 9.17) is 0 Å². The first kappa shape index (κ1) is 15.1. The predicted octanol–water partition coefficient (Wildman–Crippen LogP) is 2.84. The number of halogens is 2. The van der Waals surface area contributed by atoms with Crippen LogP contribution in [0.15, 0.2) is 24.7 Å². The van der Waals surface area contributed by atoms with E-state index in [1.807, 2.05) is 0 Å². The summed E-state index contributed by atoms with van der Waals surface area (Å²) in [5.74, 6) is -0.0701. The van der Waals surface area contributed by atoms with Crippen molar-refractivity contribution in [1.29, 1.82) is 0 Å². The molecule has 1 atom stereocenters. The summed E-state index contributed by atoms with van der Waals surface area (Å²) in [5, 5.41) is 3.92. The van der Waals surface area contributed by atoms with Crippen molar-refractivity contribution < 1.29 is 8.78 Å². The van der Waals surface area contributed by atoms with E-state index in [9.17, 15) is 8.78 Å². The molecule has 0 amide bonds. The molecule has 3 aromatic heterocycles. The Labute approximate surface area is 137 Å². The number of nitrogens with one attached hydrogen (secondary N) is 2. The van der Waals surface area contributed by atoms with Crippen LogP contribution in [-0.4, -0.2) is 33.0 Å². The number of rotatable bonds is 3. The van der Waals surface area contributed by atoms with Crippen LogP contribution in [0.25, 0.3) is 22.4 Å². The van der Waals surface area contributed by atoms with Gasteiger partial charge in [0, 0.05) is 17.1 Å². The number of pyridine rings is 1. The number of hydrogen-bond acceptors (Lipinski definition) is 4. The minimum atomic E-state index is -0.432. The molecule has 4 heterocycles. The molecule has 0 unspecified atom stereocenters. The molecule has 0 radical (unpaired) electrons. The van der Waals surface area contributed by atoms with Gasteiger partial charge in [-0.1, -0.05) is 0 Å². The van der Waals surface area contributed by atoms with Crippen LogP contribution in [0.2, 0.25) is 0 Å². The summed E-state index contributed by atoms with van der Waals surface area (Å²) in [5.41, 5.74) is 1.59. The Bertz CT molecular complexity index is 871. The third-order valence-corrected chi connectivity index (χ3v) is 4.44. The van der Waals surface area contributed by atoms with Crippen LogP contribution < -0.4 is 5.32 Å². The summed E-state index contributed by atoms with van der Waals surface area (Å²) < 4.78 is 27.6. The van der Waals surface area contributed by atoms with E-state index in [0.717, 1.165) is 32.1 Å². The van der Waals surface area contributed by atoms with Crippen molar-refractivity contribution in [3.05, 3.63) is 42.0 Å². The quantitative estimate of drug-likeness (QED) is 0.775. The molecular formula is C17H17F2N5. The van der Waals surface area contributed by atoms with Crippen molar-refractivity contribution in [2.24, 2.45) is 5.92 Å². The fourth-order valence-electron chi connectivity index (χ4n) is 3.21. The molecule has 2 N–H and O–H groups in total. The molecule has 4 rings (SSSR count). The summed E-state index contributed by atoms with van der Waals surface area (Å²) in [7, 11) is 0. The Balaban J connectivity index is 1.70. The van der Waals surface area contributed by atoms with Gasteiger partial charge in [0.05, 0.1) is 18.1 Å². The number of aromatic amines is 1. The van der Waals surface area contributed by atoms with E-state index in [1.54, 1.807) is 6.20 Å². The van der Waals surface area contributed by atoms with Crippen LogP contribution in [0.1, 0.15) is 18.5 Å². The number of piperidine rings is 1. The zero-order chi connectivity index (χ0) is 16.5. The van der Waals surface area contributed by atoms with Gasteiger partial charge in [0.25, 0.3) is 0 Å². The SMILES string of the molecule is Fc1cnc2[nH]cc(-c3ncc(F)c(C[C@H]4CCCNC4)n3)c2c1. The first-order valence-electron chi connectivity index (χ1n) is 8.06. The lowest BCUT2D eigenvalue weighted by Crippen LogP contribution is -2.31. The van der Waals surface area contributed by atoms with E-state index >= 15 is 0 Å². The fraction of sp³-hybridized carbons (Fsp3) is 0.353. The van der Waals surface area contributed by atoms with Gasteiger partial charge in [-0.15, -0.1) is 0 Å². The predicted molar refractivity (Wildman–Crippen MR) is 86.3 cm³/mol. The number of hydrogen-bond donors (Lipinski definition) is 2. The average molecular weight is 329 g/mol. The summed E-state index contributed by atoms with van der Waals surface area (Å²) in [6.07, 6.45) is 6.75. The maximum atomic E-state index is 14.1. The van der Waals surface area contributed by atoms with E-state index in [-0.39, 0.29) is 0 Å². The molecule has 1 saturated heterocycles. The van der Waals surface area contributed by atoms with Crippen molar-refractivity contribution in [3.63, 3.8) is 0 Å². The normalized spacial score (nSPS) is 18.2. The molecule has 0 saturated carbocycles. The maximum absolute atomic E-state index is 14.1. The molecule has 1 aliphatic heterocycles. The van der Waals surface area contributed by atoms with Gasteiger partial charge in [0.2, 0.25) is 0 Å². The van der Waals surface area contributed by atoms with Crippen molar-refractivity contribution in [2.75, 3.05) is 13.1 Å². The number of nitrogens with zero attached hydrogens (tertiary/aromatic N) is 3. The van der Waals surface area contributed by atoms with Gasteiger partial charge < -0.3 is 10.3 Å². The average Bonchev–Trinajstić information content (AvgIpc) is 3.01. The molecule has 24 heavy (non-hydrogen) atoms. The Hall–Kier alpha value is -2.41. The summed E-state index contributed by atoms with van der Waals surface area (Å²) in [4.78, 5) is 15.4. The highest BCUT2D eigenvalue weighted by Crippen LogP contribution is 2.26. The van der Waals surface area contributed by atoms with Crippen LogP contribution >= 0.6 is 0 Å². The Kier molecular flexibility index (Phi) is 3.93. The number of H-pyrrole nitrogens is 1. The first-order valence-corrected chi connectivity index (χ1v) is 8.06. The van der Waals surface area contributed by atoms with Crippen LogP contribution in [-0.2, 0) is 6.42 Å². The molecule has 0 bridgehead atoms. The van der Waals surface area contributed by atoms with Gasteiger partial charge >= 0.3 is 0 Å². The fourth-order valence-corrected chi connectivity index (χ4v) is 3.21. The standard InChI is InChI=1S/C17H17F2N5/c18-11-5-12-13(8-22-16(12)21-7-11)17-23-9-14(19)15(24-17)4-10-2-1-3-20-6-10/h5,7-10,20H,1-4,6H2,(H,21,22)/t10-/m1/s1. The highest BCUT2D eigenvalue weighted by molar-refractivity contribution is 5.91. The van der Waals surface area contributed by atoms with Crippen LogP contribution in [0.5, 0.6) is 0 Å². The second kappa shape index (κ2) is 6.24. The highest BCUT2D eigenvalue weighted by Gasteiger charge is 2.19. The first-order chi connectivity index (χ1) is 11.7. The lowest BCUT2D eigenvalue weighted by atomic mass is 9.94. The zero-order valence-electron chi connectivity index (χ0n) is 13.0. The monoisotopic (exact) mass is 329 g/mol. The Morgan fingerprint density at radius 2 is 2.12 bits per heavy atom. The van der Waals surface area contributed by atoms with Gasteiger partial charge in [0.15, 0.2) is 11.6 Å². The molecular weight excluding hydrogens is 312 g/mol. The maximum Gasteiger partial charge on any atom is 0.163 e. The summed E-state index contributed by atoms with van der Waals surface area (Å²) in [6.45, 7) is 1.89. The second-order valence-electron chi connectivity index (χ2n) is 6.16. The van der Waals surface area contributed by atoms with E-state index in [2.05, 4.69) is 25.3 Å².